The predicted octanol–water partition coefficient (Wildman–Crippen LogP) is 4.71. The van der Waals surface area contributed by atoms with Gasteiger partial charge in [0.25, 0.3) is 5.91 Å². The number of carbonyl (C=O) groups is 2. The minimum absolute atomic E-state index is 0.0221. The third-order valence-corrected chi connectivity index (χ3v) is 5.63. The van der Waals surface area contributed by atoms with E-state index in [4.69, 9.17) is 0 Å². The Balaban J connectivity index is 1.14. The second kappa shape index (κ2) is 8.87. The molecule has 0 radical (unpaired) electrons. The van der Waals surface area contributed by atoms with Crippen molar-refractivity contribution in [3.05, 3.63) is 60.3 Å². The molecule has 6 nitrogen and oxygen atoms in total. The van der Waals surface area contributed by atoms with Gasteiger partial charge in [0.2, 0.25) is 5.91 Å². The van der Waals surface area contributed by atoms with Crippen LogP contribution in [0.25, 0.3) is 21.1 Å². The zero-order chi connectivity index (χ0) is 20.1. The molecule has 0 aliphatic rings. The van der Waals surface area contributed by atoms with Crippen LogP contribution >= 0.6 is 11.3 Å². The lowest BCUT2D eigenvalue weighted by molar-refractivity contribution is -0.116. The highest BCUT2D eigenvalue weighted by Gasteiger charge is 2.09. The smallest absolute Gasteiger partial charge is 0.267 e. The largest absolute Gasteiger partial charge is 0.351 e. The summed E-state index contributed by atoms with van der Waals surface area (Å²) in [6.07, 6.45) is 2.94. The average Bonchev–Trinajstić information content (AvgIpc) is 3.33. The number of H-pyrrole nitrogens is 1. The number of rotatable bonds is 8. The molecule has 0 spiro atoms. The van der Waals surface area contributed by atoms with E-state index < -0.39 is 0 Å². The van der Waals surface area contributed by atoms with E-state index in [1.807, 2.05) is 54.6 Å². The van der Waals surface area contributed by atoms with E-state index >= 15 is 0 Å². The summed E-state index contributed by atoms with van der Waals surface area (Å²) in [6.45, 7) is 0.591. The maximum atomic E-state index is 12.2. The van der Waals surface area contributed by atoms with Gasteiger partial charge in [0.1, 0.15) is 5.69 Å². The number of thiazole rings is 1. The zero-order valence-corrected chi connectivity index (χ0v) is 16.7. The highest BCUT2D eigenvalue weighted by molar-refractivity contribution is 7.22. The molecule has 4 aromatic rings. The number of aromatic nitrogens is 2. The van der Waals surface area contributed by atoms with Gasteiger partial charge in [-0.25, -0.2) is 4.98 Å². The van der Waals surface area contributed by atoms with Gasteiger partial charge in [-0.05, 0) is 37.1 Å². The Kier molecular flexibility index (Phi) is 5.86. The topological polar surface area (TPSA) is 86.9 Å². The van der Waals surface area contributed by atoms with Crippen molar-refractivity contribution in [2.24, 2.45) is 0 Å². The molecule has 29 heavy (non-hydrogen) atoms. The van der Waals surface area contributed by atoms with Crippen molar-refractivity contribution < 1.29 is 9.59 Å². The fraction of sp³-hybridized carbons (Fsp3) is 0.227. The molecule has 0 fully saturated rings. The Morgan fingerprint density at radius 1 is 1.00 bits per heavy atom. The van der Waals surface area contributed by atoms with Crippen molar-refractivity contribution in [3.8, 4) is 0 Å². The molecule has 2 amide bonds. The normalized spacial score (nSPS) is 11.0. The molecule has 148 valence electrons. The van der Waals surface area contributed by atoms with Crippen molar-refractivity contribution in [3.63, 3.8) is 0 Å². The number of fused-ring (bicyclic) bond motifs is 2. The molecule has 2 aromatic carbocycles. The summed E-state index contributed by atoms with van der Waals surface area (Å²) in [5, 5.41) is 7.46. The number of aromatic amines is 1. The van der Waals surface area contributed by atoms with E-state index in [9.17, 15) is 9.59 Å². The second-order valence-corrected chi connectivity index (χ2v) is 7.90. The van der Waals surface area contributed by atoms with Gasteiger partial charge in [-0.15, -0.1) is 0 Å². The predicted molar refractivity (Wildman–Crippen MR) is 117 cm³/mol. The Hall–Kier alpha value is -3.19. The van der Waals surface area contributed by atoms with E-state index in [1.54, 1.807) is 0 Å². The van der Waals surface area contributed by atoms with Crippen LogP contribution in [0.5, 0.6) is 0 Å². The lowest BCUT2D eigenvalue weighted by atomic mass is 10.2. The van der Waals surface area contributed by atoms with Crippen LogP contribution in [0.2, 0.25) is 0 Å². The lowest BCUT2D eigenvalue weighted by Crippen LogP contribution is -2.24. The van der Waals surface area contributed by atoms with E-state index in [2.05, 4.69) is 20.6 Å². The molecule has 0 aliphatic carbocycles. The first-order chi connectivity index (χ1) is 14.2. The summed E-state index contributed by atoms with van der Waals surface area (Å²) in [6, 6.07) is 17.5. The Morgan fingerprint density at radius 2 is 1.83 bits per heavy atom. The highest BCUT2D eigenvalue weighted by atomic mass is 32.1. The molecule has 0 saturated heterocycles. The number of unbranched alkanes of at least 4 members (excludes halogenated alkanes) is 2. The molecule has 0 atom stereocenters. The van der Waals surface area contributed by atoms with Crippen LogP contribution in [-0.2, 0) is 4.79 Å². The number of amides is 2. The van der Waals surface area contributed by atoms with Crippen LogP contribution in [0.1, 0.15) is 36.2 Å². The molecular formula is C22H22N4O2S. The number of para-hydroxylation sites is 2. The SMILES string of the molecule is O=C(CCCCCNC(=O)c1cc2ccccc2[nH]1)Nc1nc2ccccc2s1. The van der Waals surface area contributed by atoms with Crippen LogP contribution in [0.4, 0.5) is 5.13 Å². The molecule has 0 bridgehead atoms. The number of hydrogen-bond acceptors (Lipinski definition) is 4. The molecule has 7 heteroatoms. The van der Waals surface area contributed by atoms with Crippen molar-refractivity contribution in [1.82, 2.24) is 15.3 Å². The molecular weight excluding hydrogens is 384 g/mol. The minimum atomic E-state index is -0.102. The van der Waals surface area contributed by atoms with Crippen molar-refractivity contribution in [2.45, 2.75) is 25.7 Å². The van der Waals surface area contributed by atoms with Crippen molar-refractivity contribution in [2.75, 3.05) is 11.9 Å². The van der Waals surface area contributed by atoms with Gasteiger partial charge in [0, 0.05) is 23.9 Å². The van der Waals surface area contributed by atoms with Crippen LogP contribution in [-0.4, -0.2) is 28.3 Å². The van der Waals surface area contributed by atoms with Gasteiger partial charge < -0.3 is 15.6 Å². The first-order valence-corrected chi connectivity index (χ1v) is 10.5. The fourth-order valence-corrected chi connectivity index (χ4v) is 4.07. The maximum absolute atomic E-state index is 12.2. The van der Waals surface area contributed by atoms with Gasteiger partial charge in [-0.2, -0.15) is 0 Å². The number of nitrogens with zero attached hydrogens (tertiary/aromatic N) is 1. The maximum Gasteiger partial charge on any atom is 0.267 e. The summed E-state index contributed by atoms with van der Waals surface area (Å²) < 4.78 is 1.06. The van der Waals surface area contributed by atoms with Gasteiger partial charge >= 0.3 is 0 Å². The second-order valence-electron chi connectivity index (χ2n) is 6.87. The quantitative estimate of drug-likeness (QED) is 0.371. The van der Waals surface area contributed by atoms with Crippen LogP contribution in [0, 0.1) is 0 Å². The van der Waals surface area contributed by atoms with Crippen molar-refractivity contribution in [1.29, 1.82) is 0 Å². The molecule has 2 heterocycles. The van der Waals surface area contributed by atoms with Gasteiger partial charge in [-0.1, -0.05) is 48.1 Å². The third kappa shape index (κ3) is 4.81. The van der Waals surface area contributed by atoms with Crippen LogP contribution < -0.4 is 10.6 Å². The Labute approximate surface area is 172 Å². The highest BCUT2D eigenvalue weighted by Crippen LogP contribution is 2.25. The van der Waals surface area contributed by atoms with Gasteiger partial charge in [-0.3, -0.25) is 9.59 Å². The van der Waals surface area contributed by atoms with Crippen LogP contribution in [0.3, 0.4) is 0 Å². The number of carbonyl (C=O) groups excluding carboxylic acids is 2. The molecule has 3 N–H and O–H groups in total. The van der Waals surface area contributed by atoms with E-state index in [0.717, 1.165) is 40.4 Å². The first kappa shape index (κ1) is 19.1. The average molecular weight is 407 g/mol. The molecule has 4 rings (SSSR count). The molecule has 0 saturated carbocycles. The molecule has 0 aliphatic heterocycles. The summed E-state index contributed by atoms with van der Waals surface area (Å²) in [5.74, 6) is -0.124. The molecule has 0 unspecified atom stereocenters. The molecule has 2 aromatic heterocycles. The van der Waals surface area contributed by atoms with Crippen molar-refractivity contribution >= 4 is 49.4 Å². The summed E-state index contributed by atoms with van der Waals surface area (Å²) >= 11 is 1.48. The monoisotopic (exact) mass is 406 g/mol. The number of benzene rings is 2. The fourth-order valence-electron chi connectivity index (χ4n) is 3.19. The van der Waals surface area contributed by atoms with E-state index in [1.165, 1.54) is 11.3 Å². The number of nitrogens with one attached hydrogen (secondary N) is 3. The van der Waals surface area contributed by atoms with Crippen LogP contribution in [0.15, 0.2) is 54.6 Å². The zero-order valence-electron chi connectivity index (χ0n) is 15.9. The summed E-state index contributed by atoms with van der Waals surface area (Å²) in [7, 11) is 0. The summed E-state index contributed by atoms with van der Waals surface area (Å²) in [5.41, 5.74) is 2.43. The van der Waals surface area contributed by atoms with E-state index in [-0.39, 0.29) is 11.8 Å². The lowest BCUT2D eigenvalue weighted by Gasteiger charge is -2.04. The minimum Gasteiger partial charge on any atom is -0.351 e. The standard InChI is InChI=1S/C22H22N4O2S/c27-20(26-22-25-17-10-5-6-11-19(17)29-22)12-2-1-7-13-23-21(28)18-14-15-8-3-4-9-16(15)24-18/h3-6,8-11,14,24H,1-2,7,12-13H2,(H,23,28)(H,25,26,27). The third-order valence-electron chi connectivity index (χ3n) is 4.68. The first-order valence-electron chi connectivity index (χ1n) is 9.70. The van der Waals surface area contributed by atoms with Gasteiger partial charge in [0.15, 0.2) is 5.13 Å². The number of hydrogen-bond donors (Lipinski definition) is 3. The Morgan fingerprint density at radius 3 is 2.69 bits per heavy atom. The van der Waals surface area contributed by atoms with E-state index in [0.29, 0.717) is 23.8 Å². The van der Waals surface area contributed by atoms with Gasteiger partial charge in [0.05, 0.1) is 10.2 Å². The Bertz CT molecular complexity index is 1080. The summed E-state index contributed by atoms with van der Waals surface area (Å²) in [4.78, 5) is 31.8. The number of anilines is 1.